The van der Waals surface area contributed by atoms with Crippen molar-refractivity contribution in [3.63, 3.8) is 0 Å². The topological polar surface area (TPSA) is 80.3 Å². The zero-order valence-corrected chi connectivity index (χ0v) is 13.6. The van der Waals surface area contributed by atoms with Gasteiger partial charge in [-0.15, -0.1) is 0 Å². The number of carbonyl (C=O) groups is 2. The fourth-order valence-electron chi connectivity index (χ4n) is 3.04. The van der Waals surface area contributed by atoms with Crippen molar-refractivity contribution in [1.82, 2.24) is 15.6 Å². The predicted octanol–water partition coefficient (Wildman–Crippen LogP) is 1.04. The second-order valence-corrected chi connectivity index (χ2v) is 6.07. The van der Waals surface area contributed by atoms with Gasteiger partial charge in [-0.3, -0.25) is 14.6 Å². The lowest BCUT2D eigenvalue weighted by Gasteiger charge is -2.20. The van der Waals surface area contributed by atoms with Gasteiger partial charge in [0.25, 0.3) is 0 Å². The van der Waals surface area contributed by atoms with E-state index in [0.29, 0.717) is 13.2 Å². The van der Waals surface area contributed by atoms with Gasteiger partial charge in [0, 0.05) is 24.4 Å². The molecule has 1 aliphatic heterocycles. The summed E-state index contributed by atoms with van der Waals surface area (Å²) >= 11 is 0. The van der Waals surface area contributed by atoms with Gasteiger partial charge in [-0.2, -0.15) is 0 Å². The van der Waals surface area contributed by atoms with Crippen molar-refractivity contribution in [2.24, 2.45) is 5.92 Å². The fraction of sp³-hybridized carbons (Fsp3) is 0.389. The molecule has 2 aromatic rings. The Balaban J connectivity index is 1.67. The third-order valence-electron chi connectivity index (χ3n) is 4.26. The minimum Gasteiger partial charge on any atom is -0.379 e. The normalized spacial score (nSPS) is 20.0. The number of benzene rings is 1. The Hall–Kier alpha value is -2.47. The van der Waals surface area contributed by atoms with Crippen LogP contribution in [0, 0.1) is 5.92 Å². The van der Waals surface area contributed by atoms with E-state index in [0.717, 1.165) is 17.3 Å². The van der Waals surface area contributed by atoms with E-state index in [1.165, 1.54) is 12.5 Å². The summed E-state index contributed by atoms with van der Waals surface area (Å²) in [5, 5.41) is 6.60. The van der Waals surface area contributed by atoms with E-state index in [9.17, 15) is 9.59 Å². The van der Waals surface area contributed by atoms with Gasteiger partial charge in [0.05, 0.1) is 31.3 Å². The molecule has 0 saturated carbocycles. The highest BCUT2D eigenvalue weighted by Gasteiger charge is 2.30. The lowest BCUT2D eigenvalue weighted by atomic mass is 9.93. The van der Waals surface area contributed by atoms with Crippen LogP contribution in [0.1, 0.15) is 12.5 Å². The molecule has 0 aliphatic carbocycles. The summed E-state index contributed by atoms with van der Waals surface area (Å²) in [6.45, 7) is 2.50. The molecule has 126 valence electrons. The molecule has 6 nitrogen and oxygen atoms in total. The van der Waals surface area contributed by atoms with Crippen molar-refractivity contribution in [3.8, 4) is 0 Å². The molecule has 2 N–H and O–H groups in total. The molecular weight excluding hydrogens is 306 g/mol. The number of amides is 2. The van der Waals surface area contributed by atoms with Crippen LogP contribution in [0.3, 0.4) is 0 Å². The molecule has 1 aliphatic rings. The van der Waals surface area contributed by atoms with E-state index in [1.54, 1.807) is 0 Å². The second-order valence-electron chi connectivity index (χ2n) is 6.07. The van der Waals surface area contributed by atoms with Gasteiger partial charge in [0.15, 0.2) is 0 Å². The molecule has 0 bridgehead atoms. The minimum absolute atomic E-state index is 0.00323. The Morgan fingerprint density at radius 2 is 2.08 bits per heavy atom. The molecule has 0 radical (unpaired) electrons. The van der Waals surface area contributed by atoms with Crippen molar-refractivity contribution >= 4 is 22.7 Å². The third kappa shape index (κ3) is 3.89. The molecule has 2 amide bonds. The number of ether oxygens (including phenoxy) is 1. The molecule has 24 heavy (non-hydrogen) atoms. The van der Waals surface area contributed by atoms with E-state index >= 15 is 0 Å². The highest BCUT2D eigenvalue weighted by molar-refractivity contribution is 5.84. The summed E-state index contributed by atoms with van der Waals surface area (Å²) in [6.07, 6.45) is 2.63. The first kappa shape index (κ1) is 16.4. The monoisotopic (exact) mass is 327 g/mol. The van der Waals surface area contributed by atoms with Crippen molar-refractivity contribution in [2.75, 3.05) is 19.8 Å². The number of aromatic nitrogens is 1. The van der Waals surface area contributed by atoms with Gasteiger partial charge in [-0.05, 0) is 24.1 Å². The van der Waals surface area contributed by atoms with Crippen LogP contribution in [0.15, 0.2) is 36.5 Å². The predicted molar refractivity (Wildman–Crippen MR) is 90.4 cm³/mol. The van der Waals surface area contributed by atoms with Gasteiger partial charge < -0.3 is 15.4 Å². The maximum absolute atomic E-state index is 11.9. The molecule has 6 heteroatoms. The summed E-state index contributed by atoms with van der Waals surface area (Å²) in [5.41, 5.74) is 2.18. The number of pyridine rings is 1. The molecule has 0 spiro atoms. The van der Waals surface area contributed by atoms with E-state index in [1.807, 2.05) is 30.5 Å². The molecule has 1 saturated heterocycles. The summed E-state index contributed by atoms with van der Waals surface area (Å²) in [6, 6.07) is 10.0. The molecule has 1 fully saturated rings. The standard InChI is InChI=1S/C18H21N3O3/c1-12(22)20-9-18(23)21-17-11-24-10-14(17)8-13-6-7-19-16-5-3-2-4-15(13)16/h2-7,14,17H,8-11H2,1H3,(H,20,22)(H,21,23)/t14-,17+/m1/s1. The first-order valence-electron chi connectivity index (χ1n) is 8.07. The van der Waals surface area contributed by atoms with Gasteiger partial charge in [0.2, 0.25) is 11.8 Å². The Morgan fingerprint density at radius 3 is 2.92 bits per heavy atom. The summed E-state index contributed by atoms with van der Waals surface area (Å²) in [5.74, 6) is -0.199. The number of hydrogen-bond acceptors (Lipinski definition) is 4. The molecule has 3 rings (SSSR count). The number of hydrogen-bond donors (Lipinski definition) is 2. The maximum Gasteiger partial charge on any atom is 0.239 e. The highest BCUT2D eigenvalue weighted by Crippen LogP contribution is 2.24. The molecule has 1 aromatic carbocycles. The number of para-hydroxylation sites is 1. The van der Waals surface area contributed by atoms with Crippen LogP contribution in [0.25, 0.3) is 10.9 Å². The van der Waals surface area contributed by atoms with Crippen molar-refractivity contribution in [2.45, 2.75) is 19.4 Å². The van der Waals surface area contributed by atoms with Crippen LogP contribution in [0.2, 0.25) is 0 Å². The lowest BCUT2D eigenvalue weighted by Crippen LogP contribution is -2.45. The van der Waals surface area contributed by atoms with E-state index in [4.69, 9.17) is 4.74 Å². The zero-order valence-electron chi connectivity index (χ0n) is 13.6. The van der Waals surface area contributed by atoms with Gasteiger partial charge in [0.1, 0.15) is 0 Å². The van der Waals surface area contributed by atoms with Crippen LogP contribution in [-0.4, -0.2) is 42.6 Å². The number of fused-ring (bicyclic) bond motifs is 1. The van der Waals surface area contributed by atoms with Gasteiger partial charge >= 0.3 is 0 Å². The van der Waals surface area contributed by atoms with E-state index in [-0.39, 0.29) is 30.3 Å². The highest BCUT2D eigenvalue weighted by atomic mass is 16.5. The first-order chi connectivity index (χ1) is 11.6. The Labute approximate surface area is 140 Å². The molecular formula is C18H21N3O3. The number of nitrogens with one attached hydrogen (secondary N) is 2. The third-order valence-corrected chi connectivity index (χ3v) is 4.26. The fourth-order valence-corrected chi connectivity index (χ4v) is 3.04. The van der Waals surface area contributed by atoms with Gasteiger partial charge in [-0.1, -0.05) is 18.2 Å². The summed E-state index contributed by atoms with van der Waals surface area (Å²) in [7, 11) is 0. The molecule has 1 aromatic heterocycles. The Morgan fingerprint density at radius 1 is 1.25 bits per heavy atom. The molecule has 2 heterocycles. The van der Waals surface area contributed by atoms with Crippen LogP contribution in [0.4, 0.5) is 0 Å². The van der Waals surface area contributed by atoms with Crippen LogP contribution >= 0.6 is 0 Å². The first-order valence-corrected chi connectivity index (χ1v) is 8.07. The van der Waals surface area contributed by atoms with Gasteiger partial charge in [-0.25, -0.2) is 0 Å². The largest absolute Gasteiger partial charge is 0.379 e. The quantitative estimate of drug-likeness (QED) is 0.860. The molecule has 2 atom stereocenters. The summed E-state index contributed by atoms with van der Waals surface area (Å²) in [4.78, 5) is 27.2. The van der Waals surface area contributed by atoms with Crippen LogP contribution < -0.4 is 10.6 Å². The summed E-state index contributed by atoms with van der Waals surface area (Å²) < 4.78 is 5.56. The average Bonchev–Trinajstić information content (AvgIpc) is 3.00. The Kier molecular flexibility index (Phi) is 5.05. The SMILES string of the molecule is CC(=O)NCC(=O)N[C@H]1COC[C@H]1Cc1ccnc2ccccc12. The average molecular weight is 327 g/mol. The van der Waals surface area contributed by atoms with E-state index in [2.05, 4.69) is 21.7 Å². The lowest BCUT2D eigenvalue weighted by molar-refractivity contribution is -0.125. The minimum atomic E-state index is -0.215. The van der Waals surface area contributed by atoms with E-state index < -0.39 is 0 Å². The second kappa shape index (κ2) is 7.40. The Bertz CT molecular complexity index is 742. The molecule has 0 unspecified atom stereocenters. The number of carbonyl (C=O) groups excluding carboxylic acids is 2. The number of rotatable bonds is 5. The van der Waals surface area contributed by atoms with Crippen LogP contribution in [-0.2, 0) is 20.7 Å². The smallest absolute Gasteiger partial charge is 0.239 e. The number of nitrogens with zero attached hydrogens (tertiary/aromatic N) is 1. The zero-order chi connectivity index (χ0) is 16.9. The van der Waals surface area contributed by atoms with Crippen molar-refractivity contribution < 1.29 is 14.3 Å². The van der Waals surface area contributed by atoms with Crippen molar-refractivity contribution in [1.29, 1.82) is 0 Å². The van der Waals surface area contributed by atoms with Crippen molar-refractivity contribution in [3.05, 3.63) is 42.1 Å². The maximum atomic E-state index is 11.9. The van der Waals surface area contributed by atoms with Crippen LogP contribution in [0.5, 0.6) is 0 Å².